The molecule has 0 saturated carbocycles. The fraction of sp³-hybridized carbons (Fsp3) is 0.0455. The SMILES string of the molecule is C=C/C=C(\C=C)c1ccc(OC(=O)NC(/C=N\C(=C)n2cccn2)=C(/C)P)cc1. The lowest BCUT2D eigenvalue weighted by Gasteiger charge is -2.10. The topological polar surface area (TPSA) is 68.5 Å². The molecule has 0 spiro atoms. The number of allylic oxidation sites excluding steroid dienone is 6. The van der Waals surface area contributed by atoms with Crippen molar-refractivity contribution in [1.82, 2.24) is 15.1 Å². The van der Waals surface area contributed by atoms with Gasteiger partial charge in [-0.05, 0) is 41.6 Å². The molecule has 1 N–H and O–H groups in total. The van der Waals surface area contributed by atoms with Crippen molar-refractivity contribution in [3.63, 3.8) is 0 Å². The van der Waals surface area contributed by atoms with E-state index in [9.17, 15) is 4.79 Å². The Labute approximate surface area is 172 Å². The van der Waals surface area contributed by atoms with Crippen LogP contribution in [0.3, 0.4) is 0 Å². The molecule has 1 atom stereocenters. The number of hydrogen-bond acceptors (Lipinski definition) is 4. The Kier molecular flexibility index (Phi) is 8.07. The molecule has 148 valence electrons. The average Bonchev–Trinajstić information content (AvgIpc) is 3.24. The van der Waals surface area contributed by atoms with Gasteiger partial charge in [-0.25, -0.2) is 14.5 Å². The zero-order chi connectivity index (χ0) is 21.2. The molecule has 7 heteroatoms. The van der Waals surface area contributed by atoms with Gasteiger partial charge >= 0.3 is 6.09 Å². The summed E-state index contributed by atoms with van der Waals surface area (Å²) in [4.78, 5) is 16.5. The molecule has 29 heavy (non-hydrogen) atoms. The quantitative estimate of drug-likeness (QED) is 0.380. The summed E-state index contributed by atoms with van der Waals surface area (Å²) < 4.78 is 6.86. The molecule has 2 aromatic rings. The minimum absolute atomic E-state index is 0.409. The van der Waals surface area contributed by atoms with E-state index in [-0.39, 0.29) is 0 Å². The number of rotatable bonds is 8. The van der Waals surface area contributed by atoms with Crippen LogP contribution in [0.2, 0.25) is 0 Å². The van der Waals surface area contributed by atoms with Gasteiger partial charge in [-0.3, -0.25) is 5.32 Å². The Hall–Kier alpha value is -3.50. The predicted octanol–water partition coefficient (Wildman–Crippen LogP) is 5.03. The highest BCUT2D eigenvalue weighted by molar-refractivity contribution is 7.22. The molecule has 0 fully saturated rings. The van der Waals surface area contributed by atoms with E-state index >= 15 is 0 Å². The number of ether oxygens (including phenoxy) is 1. The number of nitrogens with zero attached hydrogens (tertiary/aromatic N) is 3. The summed E-state index contributed by atoms with van der Waals surface area (Å²) in [5.41, 5.74) is 2.35. The summed E-state index contributed by atoms with van der Waals surface area (Å²) in [5.74, 6) is 0.821. The van der Waals surface area contributed by atoms with Gasteiger partial charge in [0.1, 0.15) is 11.6 Å². The number of aromatic nitrogens is 2. The van der Waals surface area contributed by atoms with E-state index in [0.29, 0.717) is 17.3 Å². The molecule has 1 aromatic carbocycles. The largest absolute Gasteiger partial charge is 0.417 e. The van der Waals surface area contributed by atoms with Crippen LogP contribution in [0.15, 0.2) is 96.7 Å². The zero-order valence-electron chi connectivity index (χ0n) is 16.2. The van der Waals surface area contributed by atoms with Crippen LogP contribution in [0.25, 0.3) is 11.4 Å². The highest BCUT2D eigenvalue weighted by atomic mass is 31.0. The van der Waals surface area contributed by atoms with Crippen molar-refractivity contribution in [2.75, 3.05) is 0 Å². The smallest absolute Gasteiger partial charge is 0.410 e. The Morgan fingerprint density at radius 2 is 2.03 bits per heavy atom. The molecule has 0 radical (unpaired) electrons. The fourth-order valence-corrected chi connectivity index (χ4v) is 2.37. The second-order valence-corrected chi connectivity index (χ2v) is 6.69. The van der Waals surface area contributed by atoms with E-state index in [0.717, 1.165) is 16.5 Å². The molecule has 6 nitrogen and oxygen atoms in total. The fourth-order valence-electron chi connectivity index (χ4n) is 2.22. The molecule has 2 rings (SSSR count). The normalized spacial score (nSPS) is 12.3. The van der Waals surface area contributed by atoms with Gasteiger partial charge in [-0.15, -0.1) is 9.24 Å². The van der Waals surface area contributed by atoms with E-state index in [1.165, 1.54) is 10.9 Å². The predicted molar refractivity (Wildman–Crippen MR) is 122 cm³/mol. The maximum atomic E-state index is 12.3. The maximum Gasteiger partial charge on any atom is 0.417 e. The van der Waals surface area contributed by atoms with Crippen LogP contribution >= 0.6 is 9.24 Å². The van der Waals surface area contributed by atoms with Gasteiger partial charge in [0, 0.05) is 12.4 Å². The molecule has 1 amide bonds. The van der Waals surface area contributed by atoms with Gasteiger partial charge in [0.05, 0.1) is 11.9 Å². The summed E-state index contributed by atoms with van der Waals surface area (Å²) in [6.45, 7) is 13.1. The average molecular weight is 406 g/mol. The van der Waals surface area contributed by atoms with E-state index in [1.807, 2.05) is 25.1 Å². The lowest BCUT2D eigenvalue weighted by molar-refractivity contribution is 0.204. The summed E-state index contributed by atoms with van der Waals surface area (Å²) in [6, 6.07) is 8.87. The van der Waals surface area contributed by atoms with Gasteiger partial charge in [0.15, 0.2) is 0 Å². The van der Waals surface area contributed by atoms with Crippen molar-refractivity contribution < 1.29 is 9.53 Å². The summed E-state index contributed by atoms with van der Waals surface area (Å²) in [6.07, 6.45) is 9.50. The Balaban J connectivity index is 2.03. The molecule has 0 bridgehead atoms. The Morgan fingerprint density at radius 3 is 2.59 bits per heavy atom. The summed E-state index contributed by atoms with van der Waals surface area (Å²) >= 11 is 0. The third-order valence-corrected chi connectivity index (χ3v) is 4.00. The second kappa shape index (κ2) is 10.7. The molecule has 0 aliphatic carbocycles. The van der Waals surface area contributed by atoms with Crippen molar-refractivity contribution in [1.29, 1.82) is 0 Å². The maximum absolute atomic E-state index is 12.3. The number of carbonyl (C=O) groups excluding carboxylic acids is 1. The van der Waals surface area contributed by atoms with E-state index in [2.05, 4.69) is 44.4 Å². The van der Waals surface area contributed by atoms with Crippen molar-refractivity contribution >= 4 is 32.9 Å². The minimum Gasteiger partial charge on any atom is -0.410 e. The number of hydrogen-bond donors (Lipinski definition) is 1. The van der Waals surface area contributed by atoms with Crippen LogP contribution in [0.5, 0.6) is 5.75 Å². The van der Waals surface area contributed by atoms with Crippen molar-refractivity contribution in [2.24, 2.45) is 4.99 Å². The number of benzene rings is 1. The molecule has 0 saturated heterocycles. The van der Waals surface area contributed by atoms with Gasteiger partial charge in [0.2, 0.25) is 0 Å². The molecule has 0 aliphatic heterocycles. The number of aliphatic imine (C=N–C) groups is 1. The highest BCUT2D eigenvalue weighted by Crippen LogP contribution is 2.20. The van der Waals surface area contributed by atoms with Crippen molar-refractivity contribution in [3.8, 4) is 5.75 Å². The number of amides is 1. The molecular weight excluding hydrogens is 383 g/mol. The van der Waals surface area contributed by atoms with Gasteiger partial charge in [-0.2, -0.15) is 5.10 Å². The zero-order valence-corrected chi connectivity index (χ0v) is 17.4. The first-order valence-electron chi connectivity index (χ1n) is 8.68. The Morgan fingerprint density at radius 1 is 1.31 bits per heavy atom. The standard InChI is InChI=1S/C22H23N4O2P/c1-5-8-18(6-2)19-9-11-20(12-10-19)28-22(27)25-21(16(3)29)15-23-17(4)26-14-7-13-24-26/h5-15H,1-2,4,29H2,3H3,(H,25,27)/b18-8+,21-16-,23-15-. The van der Waals surface area contributed by atoms with Crippen LogP contribution < -0.4 is 10.1 Å². The first-order valence-corrected chi connectivity index (χ1v) is 9.26. The second-order valence-electron chi connectivity index (χ2n) is 5.82. The highest BCUT2D eigenvalue weighted by Gasteiger charge is 2.08. The summed E-state index contributed by atoms with van der Waals surface area (Å²) in [7, 11) is 2.52. The first kappa shape index (κ1) is 21.8. The monoisotopic (exact) mass is 406 g/mol. The molecule has 1 heterocycles. The molecule has 0 aliphatic rings. The lowest BCUT2D eigenvalue weighted by atomic mass is 10.1. The van der Waals surface area contributed by atoms with Crippen molar-refractivity contribution in [3.05, 3.63) is 97.3 Å². The molecule has 1 unspecified atom stereocenters. The third-order valence-electron chi connectivity index (χ3n) is 3.69. The molecular formula is C22H23N4O2P. The van der Waals surface area contributed by atoms with Crippen LogP contribution in [0, 0.1) is 0 Å². The van der Waals surface area contributed by atoms with E-state index < -0.39 is 6.09 Å². The number of nitrogens with one attached hydrogen (secondary N) is 1. The third kappa shape index (κ3) is 6.55. The van der Waals surface area contributed by atoms with Crippen LogP contribution in [0.1, 0.15) is 12.5 Å². The minimum atomic E-state index is -0.628. The number of carbonyl (C=O) groups is 1. The van der Waals surface area contributed by atoms with E-state index in [4.69, 9.17) is 4.74 Å². The van der Waals surface area contributed by atoms with Crippen LogP contribution in [0.4, 0.5) is 4.79 Å². The van der Waals surface area contributed by atoms with E-state index in [1.54, 1.807) is 42.7 Å². The van der Waals surface area contributed by atoms with Gasteiger partial charge in [0.25, 0.3) is 0 Å². The molecule has 1 aromatic heterocycles. The lowest BCUT2D eigenvalue weighted by Crippen LogP contribution is -2.27. The Bertz CT molecular complexity index is 980. The first-order chi connectivity index (χ1) is 13.9. The van der Waals surface area contributed by atoms with Gasteiger partial charge in [-0.1, -0.05) is 50.1 Å². The summed E-state index contributed by atoms with van der Waals surface area (Å²) in [5, 5.41) is 7.50. The van der Waals surface area contributed by atoms with Gasteiger partial charge < -0.3 is 4.74 Å². The van der Waals surface area contributed by atoms with Crippen molar-refractivity contribution in [2.45, 2.75) is 6.92 Å². The van der Waals surface area contributed by atoms with Crippen LogP contribution in [-0.4, -0.2) is 22.1 Å². The van der Waals surface area contributed by atoms with Crippen LogP contribution in [-0.2, 0) is 0 Å².